The van der Waals surface area contributed by atoms with Crippen molar-refractivity contribution in [2.75, 3.05) is 0 Å². The van der Waals surface area contributed by atoms with E-state index in [1.807, 2.05) is 0 Å². The number of nitrogens with zero attached hydrogens (tertiary/aromatic N) is 5. The van der Waals surface area contributed by atoms with Gasteiger partial charge in [0.05, 0.1) is 17.8 Å². The van der Waals surface area contributed by atoms with E-state index in [1.165, 1.54) is 29.2 Å². The van der Waals surface area contributed by atoms with Crippen molar-refractivity contribution >= 4 is 29.2 Å². The third kappa shape index (κ3) is 4.23. The number of halogens is 1. The van der Waals surface area contributed by atoms with Crippen LogP contribution in [0.2, 0.25) is 5.02 Å². The van der Waals surface area contributed by atoms with Crippen molar-refractivity contribution < 1.29 is 14.8 Å². The van der Waals surface area contributed by atoms with Crippen LogP contribution in [-0.2, 0) is 6.54 Å². The molecule has 1 amide bonds. The van der Waals surface area contributed by atoms with Gasteiger partial charge in [0, 0.05) is 10.1 Å². The fourth-order valence-electron chi connectivity index (χ4n) is 1.62. The molecule has 0 saturated carbocycles. The molecule has 0 aliphatic heterocycles. The second-order valence-electron chi connectivity index (χ2n) is 4.45. The van der Waals surface area contributed by atoms with Crippen LogP contribution >= 0.6 is 11.6 Å². The van der Waals surface area contributed by atoms with Crippen molar-refractivity contribution in [3.05, 3.63) is 45.2 Å². The maximum Gasteiger partial charge on any atom is 0.490 e. The number of nitrogens with one attached hydrogen (secondary N) is 1. The van der Waals surface area contributed by atoms with Crippen LogP contribution in [-0.4, -0.2) is 36.4 Å². The van der Waals surface area contributed by atoms with Crippen molar-refractivity contribution in [3.63, 3.8) is 0 Å². The zero-order valence-electron chi connectivity index (χ0n) is 11.8. The van der Waals surface area contributed by atoms with Gasteiger partial charge in [0.1, 0.15) is 5.75 Å². The molecular weight excluding hydrogens is 328 g/mol. The molecule has 1 heterocycles. The van der Waals surface area contributed by atoms with Crippen LogP contribution in [0.25, 0.3) is 0 Å². The molecule has 0 aliphatic rings. The quantitative estimate of drug-likeness (QED) is 0.480. The second-order valence-corrected chi connectivity index (χ2v) is 4.89. The molecule has 1 aromatic carbocycles. The summed E-state index contributed by atoms with van der Waals surface area (Å²) in [5, 5.41) is 27.9. The molecule has 0 aliphatic carbocycles. The first-order valence-corrected chi connectivity index (χ1v) is 6.60. The number of amides is 1. The van der Waals surface area contributed by atoms with Crippen molar-refractivity contribution in [2.45, 2.75) is 13.5 Å². The molecule has 0 fully saturated rings. The van der Waals surface area contributed by atoms with E-state index in [0.29, 0.717) is 10.7 Å². The van der Waals surface area contributed by atoms with E-state index in [9.17, 15) is 20.0 Å². The summed E-state index contributed by atoms with van der Waals surface area (Å²) in [6.45, 7) is 1.70. The summed E-state index contributed by atoms with van der Waals surface area (Å²) in [5.41, 5.74) is 2.70. The Balaban J connectivity index is 2.00. The lowest BCUT2D eigenvalue weighted by Gasteiger charge is -2.04. The average Bonchev–Trinajstić information content (AvgIpc) is 2.93. The van der Waals surface area contributed by atoms with Gasteiger partial charge in [0.25, 0.3) is 5.91 Å². The van der Waals surface area contributed by atoms with E-state index in [0.717, 1.165) is 0 Å². The molecular formula is C12H11ClN6O4. The maximum atomic E-state index is 11.9. The fraction of sp³-hybridized carbons (Fsp3) is 0.167. The van der Waals surface area contributed by atoms with Crippen molar-refractivity contribution in [3.8, 4) is 5.75 Å². The van der Waals surface area contributed by atoms with Gasteiger partial charge in [-0.15, -0.1) is 0 Å². The van der Waals surface area contributed by atoms with Crippen LogP contribution in [0, 0.1) is 10.1 Å². The highest BCUT2D eigenvalue weighted by Crippen LogP contribution is 2.21. The van der Waals surface area contributed by atoms with Crippen molar-refractivity contribution in [2.24, 2.45) is 5.10 Å². The number of hydrogen-bond donors (Lipinski definition) is 2. The lowest BCUT2D eigenvalue weighted by atomic mass is 10.2. The van der Waals surface area contributed by atoms with Crippen LogP contribution in [0.1, 0.15) is 17.3 Å². The van der Waals surface area contributed by atoms with Crippen LogP contribution in [0.3, 0.4) is 0 Å². The fourth-order valence-corrected chi connectivity index (χ4v) is 1.78. The molecule has 11 heteroatoms. The number of carbonyl (C=O) groups is 1. The number of aromatic nitrogens is 3. The predicted molar refractivity (Wildman–Crippen MR) is 80.4 cm³/mol. The van der Waals surface area contributed by atoms with E-state index in [2.05, 4.69) is 20.6 Å². The number of hydrazone groups is 1. The number of aromatic hydroxyl groups is 1. The summed E-state index contributed by atoms with van der Waals surface area (Å²) < 4.78 is 1.21. The summed E-state index contributed by atoms with van der Waals surface area (Å²) in [7, 11) is 0. The maximum absolute atomic E-state index is 11.9. The van der Waals surface area contributed by atoms with E-state index in [-0.39, 0.29) is 17.9 Å². The molecule has 2 aromatic rings. The minimum Gasteiger partial charge on any atom is -0.507 e. The lowest BCUT2D eigenvalue weighted by Crippen LogP contribution is -2.20. The van der Waals surface area contributed by atoms with E-state index < -0.39 is 16.8 Å². The molecule has 0 atom stereocenters. The minimum absolute atomic E-state index is 0.0161. The summed E-state index contributed by atoms with van der Waals surface area (Å²) in [6, 6.07) is 4.06. The van der Waals surface area contributed by atoms with Crippen LogP contribution in [0.4, 0.5) is 5.95 Å². The van der Waals surface area contributed by atoms with Crippen molar-refractivity contribution in [1.82, 2.24) is 20.2 Å². The van der Waals surface area contributed by atoms with Crippen molar-refractivity contribution in [1.29, 1.82) is 0 Å². The van der Waals surface area contributed by atoms with Gasteiger partial charge in [-0.25, -0.2) is 5.43 Å². The Bertz CT molecular complexity index is 788. The van der Waals surface area contributed by atoms with Crippen LogP contribution in [0.5, 0.6) is 5.75 Å². The Kier molecular flexibility index (Phi) is 4.86. The first-order chi connectivity index (χ1) is 10.9. The molecule has 10 nitrogen and oxygen atoms in total. The van der Waals surface area contributed by atoms with Gasteiger partial charge in [0.2, 0.25) is 6.33 Å². The average molecular weight is 339 g/mol. The third-order valence-corrected chi connectivity index (χ3v) is 2.87. The van der Waals surface area contributed by atoms with Gasteiger partial charge < -0.3 is 15.2 Å². The van der Waals surface area contributed by atoms with Gasteiger partial charge >= 0.3 is 5.95 Å². The second kappa shape index (κ2) is 6.83. The SMILES string of the molecule is CC(Cn1cnc([N+](=O)[O-])n1)=NNC(=O)c1ccc(Cl)cc1O. The molecule has 1 aromatic heterocycles. The summed E-state index contributed by atoms with van der Waals surface area (Å²) in [4.78, 5) is 25.1. The molecule has 23 heavy (non-hydrogen) atoms. The Morgan fingerprint density at radius 1 is 1.57 bits per heavy atom. The molecule has 2 rings (SSSR count). The molecule has 0 spiro atoms. The number of hydrogen-bond acceptors (Lipinski definition) is 7. The number of rotatable bonds is 5. The first-order valence-electron chi connectivity index (χ1n) is 6.22. The molecule has 0 radical (unpaired) electrons. The van der Waals surface area contributed by atoms with Gasteiger partial charge in [0.15, 0.2) is 0 Å². The van der Waals surface area contributed by atoms with Crippen LogP contribution in [0.15, 0.2) is 29.6 Å². The highest BCUT2D eigenvalue weighted by atomic mass is 35.5. The van der Waals surface area contributed by atoms with Gasteiger partial charge in [-0.3, -0.25) is 4.79 Å². The normalized spacial score (nSPS) is 11.3. The monoisotopic (exact) mass is 338 g/mol. The van der Waals surface area contributed by atoms with Gasteiger partial charge in [-0.1, -0.05) is 16.6 Å². The summed E-state index contributed by atoms with van der Waals surface area (Å²) in [6.07, 6.45) is 1.18. The van der Waals surface area contributed by atoms with E-state index in [1.54, 1.807) is 6.92 Å². The Morgan fingerprint density at radius 2 is 2.30 bits per heavy atom. The standard InChI is InChI=1S/C12H11ClN6O4/c1-7(5-18-6-14-12(17-18)19(22)23)15-16-11(21)9-3-2-8(13)4-10(9)20/h2-4,6,20H,5H2,1H3,(H,16,21). The summed E-state index contributed by atoms with van der Waals surface area (Å²) >= 11 is 5.68. The highest BCUT2D eigenvalue weighted by molar-refractivity contribution is 6.30. The Hall–Kier alpha value is -3.01. The van der Waals surface area contributed by atoms with Crippen LogP contribution < -0.4 is 5.43 Å². The van der Waals surface area contributed by atoms with Gasteiger partial charge in [-0.05, 0) is 30.0 Å². The number of phenols is 1. The zero-order chi connectivity index (χ0) is 17.0. The zero-order valence-corrected chi connectivity index (χ0v) is 12.6. The number of benzene rings is 1. The Morgan fingerprint density at radius 3 is 2.91 bits per heavy atom. The molecule has 120 valence electrons. The predicted octanol–water partition coefficient (Wildman–Crippen LogP) is 1.35. The van der Waals surface area contributed by atoms with Gasteiger partial charge in [-0.2, -0.15) is 9.78 Å². The smallest absolute Gasteiger partial charge is 0.490 e. The lowest BCUT2D eigenvalue weighted by molar-refractivity contribution is -0.394. The number of nitro groups is 1. The minimum atomic E-state index is -0.714. The highest BCUT2D eigenvalue weighted by Gasteiger charge is 2.14. The van der Waals surface area contributed by atoms with E-state index in [4.69, 9.17) is 11.6 Å². The topological polar surface area (TPSA) is 136 Å². The Labute approximate surface area is 134 Å². The third-order valence-electron chi connectivity index (χ3n) is 2.63. The summed E-state index contributed by atoms with van der Waals surface area (Å²) in [5.74, 6) is -1.41. The molecule has 2 N–H and O–H groups in total. The number of phenolic OH excluding ortho intramolecular Hbond substituents is 1. The molecule has 0 unspecified atom stereocenters. The number of carbonyl (C=O) groups excluding carboxylic acids is 1. The first kappa shape index (κ1) is 16.4. The molecule has 0 saturated heterocycles. The molecule has 0 bridgehead atoms. The largest absolute Gasteiger partial charge is 0.507 e. The van der Waals surface area contributed by atoms with E-state index >= 15 is 0 Å².